The molecule has 2 heteroatoms. The number of aliphatic hydroxyl groups is 1. The van der Waals surface area contributed by atoms with Crippen LogP contribution in [0.2, 0.25) is 0 Å². The predicted octanol–water partition coefficient (Wildman–Crippen LogP) is 2.57. The molecule has 1 saturated carbocycles. The summed E-state index contributed by atoms with van der Waals surface area (Å²) in [6.07, 6.45) is 6.07. The summed E-state index contributed by atoms with van der Waals surface area (Å²) in [5, 5.41) is 13.0. The SMILES string of the molecule is OCC1(c2ccc(C3CCNCC3)cc2)CCC1. The molecule has 2 aliphatic rings. The first-order chi connectivity index (χ1) is 8.84. The van der Waals surface area contributed by atoms with Gasteiger partial charge in [-0.05, 0) is 55.8 Å². The number of benzene rings is 1. The van der Waals surface area contributed by atoms with Crippen LogP contribution in [-0.4, -0.2) is 24.8 Å². The van der Waals surface area contributed by atoms with E-state index in [9.17, 15) is 5.11 Å². The summed E-state index contributed by atoms with van der Waals surface area (Å²) in [5.41, 5.74) is 2.91. The Hall–Kier alpha value is -0.860. The topological polar surface area (TPSA) is 32.3 Å². The van der Waals surface area contributed by atoms with Gasteiger partial charge < -0.3 is 10.4 Å². The fraction of sp³-hybridized carbons (Fsp3) is 0.625. The lowest BCUT2D eigenvalue weighted by Crippen LogP contribution is -2.37. The first-order valence-corrected chi connectivity index (χ1v) is 7.26. The highest BCUT2D eigenvalue weighted by Crippen LogP contribution is 2.43. The van der Waals surface area contributed by atoms with E-state index in [2.05, 4.69) is 29.6 Å². The van der Waals surface area contributed by atoms with Crippen molar-refractivity contribution in [2.45, 2.75) is 43.4 Å². The van der Waals surface area contributed by atoms with Crippen LogP contribution in [0.4, 0.5) is 0 Å². The molecule has 2 fully saturated rings. The number of nitrogens with one attached hydrogen (secondary N) is 1. The molecule has 1 heterocycles. The summed E-state index contributed by atoms with van der Waals surface area (Å²) < 4.78 is 0. The monoisotopic (exact) mass is 245 g/mol. The molecule has 1 aliphatic carbocycles. The van der Waals surface area contributed by atoms with E-state index in [4.69, 9.17) is 0 Å². The van der Waals surface area contributed by atoms with E-state index in [1.54, 1.807) is 0 Å². The summed E-state index contributed by atoms with van der Waals surface area (Å²) >= 11 is 0. The van der Waals surface area contributed by atoms with Crippen molar-refractivity contribution in [2.24, 2.45) is 0 Å². The van der Waals surface area contributed by atoms with Crippen LogP contribution in [0, 0.1) is 0 Å². The Morgan fingerprint density at radius 3 is 2.28 bits per heavy atom. The Balaban J connectivity index is 1.76. The molecule has 1 aromatic rings. The molecule has 0 aromatic heterocycles. The maximum Gasteiger partial charge on any atom is 0.0527 e. The van der Waals surface area contributed by atoms with E-state index in [1.165, 1.54) is 30.4 Å². The first-order valence-electron chi connectivity index (χ1n) is 7.26. The molecule has 0 bridgehead atoms. The van der Waals surface area contributed by atoms with Crippen molar-refractivity contribution in [2.75, 3.05) is 19.7 Å². The second kappa shape index (κ2) is 5.02. The molecule has 0 spiro atoms. The summed E-state index contributed by atoms with van der Waals surface area (Å²) in [6, 6.07) is 9.10. The Labute approximate surface area is 109 Å². The van der Waals surface area contributed by atoms with Crippen molar-refractivity contribution in [3.63, 3.8) is 0 Å². The summed E-state index contributed by atoms with van der Waals surface area (Å²) in [7, 11) is 0. The standard InChI is InChI=1S/C16H23NO/c18-12-16(8-1-9-16)15-4-2-13(3-5-15)14-6-10-17-11-7-14/h2-5,14,17-18H,1,6-12H2. The highest BCUT2D eigenvalue weighted by atomic mass is 16.3. The third kappa shape index (κ3) is 2.08. The van der Waals surface area contributed by atoms with Crippen LogP contribution in [0.25, 0.3) is 0 Å². The predicted molar refractivity (Wildman–Crippen MR) is 73.9 cm³/mol. The number of hydrogen-bond donors (Lipinski definition) is 2. The van der Waals surface area contributed by atoms with Crippen molar-refractivity contribution < 1.29 is 5.11 Å². The van der Waals surface area contributed by atoms with Crippen LogP contribution >= 0.6 is 0 Å². The Morgan fingerprint density at radius 1 is 1.11 bits per heavy atom. The minimum atomic E-state index is 0.0899. The van der Waals surface area contributed by atoms with Gasteiger partial charge >= 0.3 is 0 Å². The van der Waals surface area contributed by atoms with E-state index >= 15 is 0 Å². The van der Waals surface area contributed by atoms with Gasteiger partial charge in [0.1, 0.15) is 0 Å². The smallest absolute Gasteiger partial charge is 0.0527 e. The molecule has 1 aromatic carbocycles. The van der Waals surface area contributed by atoms with Crippen molar-refractivity contribution in [3.05, 3.63) is 35.4 Å². The summed E-state index contributed by atoms with van der Waals surface area (Å²) in [4.78, 5) is 0. The molecule has 1 saturated heterocycles. The van der Waals surface area contributed by atoms with E-state index < -0.39 is 0 Å². The number of piperidine rings is 1. The molecule has 0 radical (unpaired) electrons. The lowest BCUT2D eigenvalue weighted by atomic mass is 9.65. The van der Waals surface area contributed by atoms with Gasteiger partial charge in [-0.15, -0.1) is 0 Å². The van der Waals surface area contributed by atoms with Crippen LogP contribution in [-0.2, 0) is 5.41 Å². The van der Waals surface area contributed by atoms with Crippen LogP contribution in [0.15, 0.2) is 24.3 Å². The third-order valence-electron chi connectivity index (χ3n) is 4.95. The van der Waals surface area contributed by atoms with E-state index in [0.717, 1.165) is 31.8 Å². The van der Waals surface area contributed by atoms with Gasteiger partial charge in [-0.25, -0.2) is 0 Å². The summed E-state index contributed by atoms with van der Waals surface area (Å²) in [6.45, 7) is 2.60. The van der Waals surface area contributed by atoms with Crippen LogP contribution in [0.1, 0.15) is 49.1 Å². The van der Waals surface area contributed by atoms with E-state index in [1.807, 2.05) is 0 Å². The third-order valence-corrected chi connectivity index (χ3v) is 4.95. The molecule has 98 valence electrons. The zero-order valence-corrected chi connectivity index (χ0v) is 11.0. The zero-order chi connectivity index (χ0) is 12.4. The Bertz CT molecular complexity index is 383. The van der Waals surface area contributed by atoms with Gasteiger partial charge in [0.15, 0.2) is 0 Å². The van der Waals surface area contributed by atoms with Gasteiger partial charge in [0.25, 0.3) is 0 Å². The van der Waals surface area contributed by atoms with Gasteiger partial charge in [-0.3, -0.25) is 0 Å². The van der Waals surface area contributed by atoms with Crippen LogP contribution < -0.4 is 5.32 Å². The first kappa shape index (κ1) is 12.2. The number of rotatable bonds is 3. The van der Waals surface area contributed by atoms with Gasteiger partial charge in [-0.2, -0.15) is 0 Å². The molecule has 2 nitrogen and oxygen atoms in total. The lowest BCUT2D eigenvalue weighted by Gasteiger charge is -2.41. The molecule has 0 amide bonds. The molecule has 3 rings (SSSR count). The second-order valence-corrected chi connectivity index (χ2v) is 5.94. The largest absolute Gasteiger partial charge is 0.395 e. The highest BCUT2D eigenvalue weighted by molar-refractivity contribution is 5.33. The average molecular weight is 245 g/mol. The molecular formula is C16H23NO. The normalized spacial score (nSPS) is 23.6. The molecule has 0 unspecified atom stereocenters. The quantitative estimate of drug-likeness (QED) is 0.858. The Kier molecular flexibility index (Phi) is 3.40. The number of hydrogen-bond acceptors (Lipinski definition) is 2. The molecular weight excluding hydrogens is 222 g/mol. The van der Waals surface area contributed by atoms with Gasteiger partial charge in [0.2, 0.25) is 0 Å². The minimum Gasteiger partial charge on any atom is -0.395 e. The van der Waals surface area contributed by atoms with E-state index in [0.29, 0.717) is 6.61 Å². The lowest BCUT2D eigenvalue weighted by molar-refractivity contribution is 0.120. The maximum absolute atomic E-state index is 9.60. The van der Waals surface area contributed by atoms with E-state index in [-0.39, 0.29) is 5.41 Å². The van der Waals surface area contributed by atoms with Crippen LogP contribution in [0.3, 0.4) is 0 Å². The molecule has 1 aliphatic heterocycles. The van der Waals surface area contributed by atoms with Crippen LogP contribution in [0.5, 0.6) is 0 Å². The minimum absolute atomic E-state index is 0.0899. The summed E-state index contributed by atoms with van der Waals surface area (Å²) in [5.74, 6) is 0.728. The van der Waals surface area contributed by atoms with Crippen molar-refractivity contribution in [3.8, 4) is 0 Å². The fourth-order valence-electron chi connectivity index (χ4n) is 3.41. The molecule has 0 atom stereocenters. The molecule has 18 heavy (non-hydrogen) atoms. The molecule has 2 N–H and O–H groups in total. The number of aliphatic hydroxyl groups excluding tert-OH is 1. The highest BCUT2D eigenvalue weighted by Gasteiger charge is 2.37. The van der Waals surface area contributed by atoms with Crippen molar-refractivity contribution in [1.82, 2.24) is 5.32 Å². The zero-order valence-electron chi connectivity index (χ0n) is 11.0. The fourth-order valence-corrected chi connectivity index (χ4v) is 3.41. The van der Waals surface area contributed by atoms with Crippen molar-refractivity contribution in [1.29, 1.82) is 0 Å². The Morgan fingerprint density at radius 2 is 1.78 bits per heavy atom. The van der Waals surface area contributed by atoms with Gasteiger partial charge in [-0.1, -0.05) is 30.7 Å². The van der Waals surface area contributed by atoms with Gasteiger partial charge in [0.05, 0.1) is 6.61 Å². The second-order valence-electron chi connectivity index (χ2n) is 5.94. The average Bonchev–Trinajstić information content (AvgIpc) is 2.40. The van der Waals surface area contributed by atoms with Gasteiger partial charge in [0, 0.05) is 5.41 Å². The maximum atomic E-state index is 9.60. The van der Waals surface area contributed by atoms with Crippen molar-refractivity contribution >= 4 is 0 Å².